The molecule has 80 valence electrons. The number of aromatic nitrogens is 4. The standard InChI is InChI=1S/C7H7IN4O2S/c1-12-6-4(5(8)11-12)3-9-7(10-6)15(2,13)14/h3H,1-2H3. The van der Waals surface area contributed by atoms with Gasteiger partial charge in [-0.25, -0.2) is 18.1 Å². The van der Waals surface area contributed by atoms with Crippen molar-refractivity contribution >= 4 is 43.5 Å². The highest BCUT2D eigenvalue weighted by Crippen LogP contribution is 2.17. The van der Waals surface area contributed by atoms with Crippen molar-refractivity contribution in [2.75, 3.05) is 6.26 Å². The second-order valence-corrected chi connectivity index (χ2v) is 6.01. The zero-order valence-corrected chi connectivity index (χ0v) is 10.9. The minimum atomic E-state index is -3.37. The predicted molar refractivity (Wildman–Crippen MR) is 62.1 cm³/mol. The second kappa shape index (κ2) is 3.37. The minimum Gasteiger partial charge on any atom is -0.249 e. The molecule has 0 radical (unpaired) electrons. The van der Waals surface area contributed by atoms with E-state index >= 15 is 0 Å². The molecule has 0 atom stereocenters. The number of nitrogens with zero attached hydrogens (tertiary/aromatic N) is 4. The number of hydrogen-bond acceptors (Lipinski definition) is 5. The van der Waals surface area contributed by atoms with Crippen LogP contribution >= 0.6 is 22.6 Å². The summed E-state index contributed by atoms with van der Waals surface area (Å²) >= 11 is 2.05. The van der Waals surface area contributed by atoms with Crippen molar-refractivity contribution in [3.8, 4) is 0 Å². The van der Waals surface area contributed by atoms with Crippen LogP contribution in [0.1, 0.15) is 0 Å². The van der Waals surface area contributed by atoms with Crippen molar-refractivity contribution in [2.45, 2.75) is 5.16 Å². The number of fused-ring (bicyclic) bond motifs is 1. The molecule has 2 aromatic heterocycles. The molecule has 0 aliphatic heterocycles. The van der Waals surface area contributed by atoms with Crippen LogP contribution in [-0.4, -0.2) is 34.4 Å². The smallest absolute Gasteiger partial charge is 0.248 e. The molecule has 0 spiro atoms. The van der Waals surface area contributed by atoms with Crippen molar-refractivity contribution in [2.24, 2.45) is 7.05 Å². The predicted octanol–water partition coefficient (Wildman–Crippen LogP) is 0.371. The van der Waals surface area contributed by atoms with Gasteiger partial charge in [-0.05, 0) is 22.6 Å². The molecule has 0 saturated heterocycles. The molecule has 0 aromatic carbocycles. The fraction of sp³-hybridized carbons (Fsp3) is 0.286. The average Bonchev–Trinajstić information content (AvgIpc) is 2.41. The van der Waals surface area contributed by atoms with E-state index in [1.54, 1.807) is 7.05 Å². The molecular formula is C7H7IN4O2S. The Hall–Kier alpha value is -0.770. The van der Waals surface area contributed by atoms with Crippen molar-refractivity contribution in [3.05, 3.63) is 9.90 Å². The zero-order valence-electron chi connectivity index (χ0n) is 7.97. The Morgan fingerprint density at radius 2 is 2.13 bits per heavy atom. The molecule has 2 aromatic rings. The summed E-state index contributed by atoms with van der Waals surface area (Å²) in [4.78, 5) is 7.76. The first-order chi connectivity index (χ1) is 6.89. The minimum absolute atomic E-state index is 0.172. The third-order valence-electron chi connectivity index (χ3n) is 1.84. The van der Waals surface area contributed by atoms with Crippen LogP contribution in [0.3, 0.4) is 0 Å². The van der Waals surface area contributed by atoms with Gasteiger partial charge in [0.1, 0.15) is 3.70 Å². The summed E-state index contributed by atoms with van der Waals surface area (Å²) in [5, 5.41) is 4.70. The van der Waals surface area contributed by atoms with Gasteiger partial charge in [0.05, 0.1) is 5.39 Å². The van der Waals surface area contributed by atoms with Gasteiger partial charge in [0, 0.05) is 19.5 Å². The summed E-state index contributed by atoms with van der Waals surface area (Å²) in [5.41, 5.74) is 0.523. The van der Waals surface area contributed by atoms with Crippen LogP contribution in [0.4, 0.5) is 0 Å². The fourth-order valence-corrected chi connectivity index (χ4v) is 2.36. The van der Waals surface area contributed by atoms with E-state index < -0.39 is 9.84 Å². The number of rotatable bonds is 1. The highest BCUT2D eigenvalue weighted by molar-refractivity contribution is 14.1. The maximum Gasteiger partial charge on any atom is 0.248 e. The third kappa shape index (κ3) is 1.83. The Bertz CT molecular complexity index is 634. The van der Waals surface area contributed by atoms with E-state index in [4.69, 9.17) is 0 Å². The summed E-state index contributed by atoms with van der Waals surface area (Å²) in [5.74, 6) is 0. The van der Waals surface area contributed by atoms with E-state index in [0.29, 0.717) is 5.65 Å². The van der Waals surface area contributed by atoms with Gasteiger partial charge in [0.25, 0.3) is 0 Å². The zero-order chi connectivity index (χ0) is 11.2. The molecular weight excluding hydrogens is 331 g/mol. The van der Waals surface area contributed by atoms with Gasteiger partial charge in [-0.3, -0.25) is 0 Å². The molecule has 6 nitrogen and oxygen atoms in total. The SMILES string of the molecule is Cn1nc(I)c2cnc(S(C)(=O)=O)nc21. The Labute approximate surface area is 99.8 Å². The topological polar surface area (TPSA) is 77.7 Å². The molecule has 15 heavy (non-hydrogen) atoms. The monoisotopic (exact) mass is 338 g/mol. The Balaban J connectivity index is 2.82. The van der Waals surface area contributed by atoms with E-state index in [-0.39, 0.29) is 5.16 Å². The summed E-state index contributed by atoms with van der Waals surface area (Å²) in [7, 11) is -1.66. The Morgan fingerprint density at radius 3 is 2.73 bits per heavy atom. The van der Waals surface area contributed by atoms with Crippen LogP contribution in [-0.2, 0) is 16.9 Å². The van der Waals surface area contributed by atoms with Gasteiger partial charge in [-0.1, -0.05) is 0 Å². The highest BCUT2D eigenvalue weighted by Gasteiger charge is 2.15. The first kappa shape index (κ1) is 10.7. The molecule has 0 amide bonds. The van der Waals surface area contributed by atoms with Crippen LogP contribution in [0.15, 0.2) is 11.4 Å². The van der Waals surface area contributed by atoms with Gasteiger partial charge in [-0.2, -0.15) is 10.1 Å². The molecule has 0 N–H and O–H groups in total. The Morgan fingerprint density at radius 1 is 1.47 bits per heavy atom. The first-order valence-corrected chi connectivity index (χ1v) is 6.92. The van der Waals surface area contributed by atoms with Crippen LogP contribution in [0, 0.1) is 3.70 Å². The molecule has 8 heteroatoms. The van der Waals surface area contributed by atoms with Crippen LogP contribution in [0.5, 0.6) is 0 Å². The molecule has 2 rings (SSSR count). The number of halogens is 1. The maximum atomic E-state index is 11.2. The van der Waals surface area contributed by atoms with E-state index in [9.17, 15) is 8.42 Å². The third-order valence-corrected chi connectivity index (χ3v) is 3.50. The average molecular weight is 338 g/mol. The summed E-state index contributed by atoms with van der Waals surface area (Å²) in [6, 6.07) is 0. The molecule has 0 unspecified atom stereocenters. The number of aryl methyl sites for hydroxylation is 1. The number of hydrogen-bond donors (Lipinski definition) is 0. The second-order valence-electron chi connectivity index (χ2n) is 3.08. The maximum absolute atomic E-state index is 11.2. The van der Waals surface area contributed by atoms with Crippen LogP contribution in [0.25, 0.3) is 11.0 Å². The van der Waals surface area contributed by atoms with Gasteiger partial charge >= 0.3 is 0 Å². The van der Waals surface area contributed by atoms with Crippen LogP contribution in [0.2, 0.25) is 0 Å². The largest absolute Gasteiger partial charge is 0.249 e. The molecule has 2 heterocycles. The molecule has 0 saturated carbocycles. The van der Waals surface area contributed by atoms with E-state index in [1.165, 1.54) is 10.9 Å². The molecule has 0 aliphatic rings. The van der Waals surface area contributed by atoms with Crippen molar-refractivity contribution in [3.63, 3.8) is 0 Å². The lowest BCUT2D eigenvalue weighted by Gasteiger charge is -1.96. The summed E-state index contributed by atoms with van der Waals surface area (Å²) in [6.07, 6.45) is 2.56. The Kier molecular flexibility index (Phi) is 2.41. The lowest BCUT2D eigenvalue weighted by molar-refractivity contribution is 0.593. The van der Waals surface area contributed by atoms with Gasteiger partial charge < -0.3 is 0 Å². The van der Waals surface area contributed by atoms with Gasteiger partial charge in [-0.15, -0.1) is 0 Å². The highest BCUT2D eigenvalue weighted by atomic mass is 127. The van der Waals surface area contributed by atoms with Crippen molar-refractivity contribution in [1.82, 2.24) is 19.7 Å². The van der Waals surface area contributed by atoms with Crippen molar-refractivity contribution < 1.29 is 8.42 Å². The summed E-state index contributed by atoms with van der Waals surface area (Å²) < 4.78 is 24.8. The number of sulfone groups is 1. The summed E-state index contributed by atoms with van der Waals surface area (Å²) in [6.45, 7) is 0. The van der Waals surface area contributed by atoms with Crippen LogP contribution < -0.4 is 0 Å². The van der Waals surface area contributed by atoms with E-state index in [1.807, 2.05) is 0 Å². The van der Waals surface area contributed by atoms with Gasteiger partial charge in [0.15, 0.2) is 5.65 Å². The van der Waals surface area contributed by atoms with Crippen molar-refractivity contribution in [1.29, 1.82) is 0 Å². The van der Waals surface area contributed by atoms with Gasteiger partial charge in [0.2, 0.25) is 15.0 Å². The first-order valence-electron chi connectivity index (χ1n) is 3.95. The van der Waals surface area contributed by atoms with E-state index in [0.717, 1.165) is 15.3 Å². The lowest BCUT2D eigenvalue weighted by Crippen LogP contribution is -2.04. The van der Waals surface area contributed by atoms with E-state index in [2.05, 4.69) is 37.7 Å². The fourth-order valence-electron chi connectivity index (χ4n) is 1.16. The molecule has 0 aliphatic carbocycles. The lowest BCUT2D eigenvalue weighted by atomic mass is 10.4. The quantitative estimate of drug-likeness (QED) is 0.555. The molecule has 0 fully saturated rings. The molecule has 0 bridgehead atoms. The normalized spacial score (nSPS) is 12.2.